The topological polar surface area (TPSA) is 38.8 Å². The van der Waals surface area contributed by atoms with E-state index in [1.54, 1.807) is 18.2 Å². The molecule has 0 unspecified atom stereocenters. The number of thiocarbonyl (C=S) groups is 1. The molecule has 1 fully saturated rings. The fourth-order valence-corrected chi connectivity index (χ4v) is 3.98. The smallest absolute Gasteiger partial charge is 0.266 e. The molecule has 1 amide bonds. The minimum absolute atomic E-state index is 0.119. The number of halogens is 1. The number of carbonyl (C=O) groups is 1. The second kappa shape index (κ2) is 9.78. The number of hydrogen-bond acceptors (Lipinski definition) is 5. The number of thioether (sulfide) groups is 1. The molecule has 0 atom stereocenters. The van der Waals surface area contributed by atoms with Crippen LogP contribution in [-0.2, 0) is 4.79 Å². The Morgan fingerprint density at radius 3 is 2.43 bits per heavy atom. The second-order valence-corrected chi connectivity index (χ2v) is 7.83. The molecule has 144 valence electrons. The fourth-order valence-electron chi connectivity index (χ4n) is 2.52. The van der Waals surface area contributed by atoms with Gasteiger partial charge in [0.15, 0.2) is 0 Å². The van der Waals surface area contributed by atoms with E-state index in [2.05, 4.69) is 6.58 Å². The van der Waals surface area contributed by atoms with Crippen LogP contribution in [-0.4, -0.2) is 34.9 Å². The zero-order chi connectivity index (χ0) is 19.9. The average molecular weight is 432 g/mol. The molecule has 2 aromatic rings. The zero-order valence-electron chi connectivity index (χ0n) is 15.0. The molecule has 0 bridgehead atoms. The Hall–Kier alpha value is -2.28. The summed E-state index contributed by atoms with van der Waals surface area (Å²) in [6.07, 6.45) is 3.45. The number of hydrogen-bond donors (Lipinski definition) is 0. The number of nitrogens with zero attached hydrogens (tertiary/aromatic N) is 1. The summed E-state index contributed by atoms with van der Waals surface area (Å²) < 4.78 is 12.0. The van der Waals surface area contributed by atoms with Gasteiger partial charge in [-0.05, 0) is 24.3 Å². The maximum Gasteiger partial charge on any atom is 0.266 e. The van der Waals surface area contributed by atoms with Crippen LogP contribution in [0.3, 0.4) is 0 Å². The van der Waals surface area contributed by atoms with Crippen LogP contribution < -0.4 is 9.47 Å². The lowest BCUT2D eigenvalue weighted by molar-refractivity contribution is -0.121. The molecule has 2 aromatic carbocycles. The molecule has 28 heavy (non-hydrogen) atoms. The molecule has 1 aliphatic heterocycles. The number of amides is 1. The fraction of sp³-hybridized carbons (Fsp3) is 0.143. The Kier molecular flexibility index (Phi) is 7.14. The standard InChI is InChI=1S/C21H18ClNO3S2/c1-2-11-23-20(24)19(28-21(23)27)14-15-7-3-5-9-17(15)25-12-13-26-18-10-6-4-8-16(18)22/h2-10,14H,1,11-13H2/b19-14-. The number of carbonyl (C=O) groups excluding carboxylic acids is 1. The van der Waals surface area contributed by atoms with E-state index >= 15 is 0 Å². The molecule has 7 heteroatoms. The molecule has 0 spiro atoms. The van der Waals surface area contributed by atoms with Crippen LogP contribution in [0.25, 0.3) is 6.08 Å². The summed E-state index contributed by atoms with van der Waals surface area (Å²) in [7, 11) is 0. The molecule has 1 saturated heterocycles. The number of ether oxygens (including phenoxy) is 2. The molecule has 3 rings (SSSR count). The highest BCUT2D eigenvalue weighted by atomic mass is 35.5. The predicted octanol–water partition coefficient (Wildman–Crippen LogP) is 5.19. The molecule has 0 aliphatic carbocycles. The lowest BCUT2D eigenvalue weighted by Crippen LogP contribution is -2.27. The van der Waals surface area contributed by atoms with Gasteiger partial charge in [0.1, 0.15) is 29.0 Å². The first kappa shape index (κ1) is 20.5. The van der Waals surface area contributed by atoms with Crippen molar-refractivity contribution in [1.29, 1.82) is 0 Å². The van der Waals surface area contributed by atoms with Crippen molar-refractivity contribution in [1.82, 2.24) is 4.90 Å². The minimum Gasteiger partial charge on any atom is -0.489 e. The van der Waals surface area contributed by atoms with Gasteiger partial charge in [0.25, 0.3) is 5.91 Å². The van der Waals surface area contributed by atoms with Gasteiger partial charge in [0.05, 0.1) is 9.93 Å². The van der Waals surface area contributed by atoms with Gasteiger partial charge in [-0.2, -0.15) is 0 Å². The second-order valence-electron chi connectivity index (χ2n) is 5.75. The van der Waals surface area contributed by atoms with Gasteiger partial charge < -0.3 is 9.47 Å². The van der Waals surface area contributed by atoms with Gasteiger partial charge in [-0.15, -0.1) is 6.58 Å². The van der Waals surface area contributed by atoms with Crippen molar-refractivity contribution in [2.75, 3.05) is 19.8 Å². The normalized spacial score (nSPS) is 15.2. The zero-order valence-corrected chi connectivity index (χ0v) is 17.4. The van der Waals surface area contributed by atoms with Crippen LogP contribution in [0, 0.1) is 0 Å². The van der Waals surface area contributed by atoms with Crippen molar-refractivity contribution in [2.45, 2.75) is 0 Å². The third-order valence-electron chi connectivity index (χ3n) is 3.83. The summed E-state index contributed by atoms with van der Waals surface area (Å²) in [6, 6.07) is 14.8. The summed E-state index contributed by atoms with van der Waals surface area (Å²) in [4.78, 5) is 14.6. The molecule has 0 N–H and O–H groups in total. The summed E-state index contributed by atoms with van der Waals surface area (Å²) in [6.45, 7) is 4.75. The average Bonchev–Trinajstić information content (AvgIpc) is 2.95. The van der Waals surface area contributed by atoms with E-state index < -0.39 is 0 Å². The molecule has 0 aromatic heterocycles. The van der Waals surface area contributed by atoms with Crippen LogP contribution in [0.5, 0.6) is 11.5 Å². The van der Waals surface area contributed by atoms with Gasteiger partial charge in [0.2, 0.25) is 0 Å². The first-order valence-corrected chi connectivity index (χ1v) is 10.2. The minimum atomic E-state index is -0.119. The van der Waals surface area contributed by atoms with Crippen molar-refractivity contribution < 1.29 is 14.3 Å². The Morgan fingerprint density at radius 1 is 1.07 bits per heavy atom. The van der Waals surface area contributed by atoms with Gasteiger partial charge >= 0.3 is 0 Å². The van der Waals surface area contributed by atoms with Gasteiger partial charge in [0, 0.05) is 12.1 Å². The summed E-state index contributed by atoms with van der Waals surface area (Å²) in [5.41, 5.74) is 0.805. The van der Waals surface area contributed by atoms with E-state index in [9.17, 15) is 4.79 Å². The van der Waals surface area contributed by atoms with Crippen LogP contribution in [0.4, 0.5) is 0 Å². The molecular weight excluding hydrogens is 414 g/mol. The highest BCUT2D eigenvalue weighted by Gasteiger charge is 2.31. The summed E-state index contributed by atoms with van der Waals surface area (Å²) in [5.74, 6) is 1.16. The molecule has 1 heterocycles. The Labute approximate surface area is 178 Å². The van der Waals surface area contributed by atoms with Gasteiger partial charge in [-0.1, -0.05) is 72.0 Å². The monoisotopic (exact) mass is 431 g/mol. The highest BCUT2D eigenvalue weighted by Crippen LogP contribution is 2.34. The van der Waals surface area contributed by atoms with Crippen molar-refractivity contribution in [3.8, 4) is 11.5 Å². The van der Waals surface area contributed by atoms with Crippen LogP contribution in [0.2, 0.25) is 5.02 Å². The molecule has 0 saturated carbocycles. The maximum atomic E-state index is 12.5. The number of rotatable bonds is 8. The van der Waals surface area contributed by atoms with Gasteiger partial charge in [-0.25, -0.2) is 0 Å². The predicted molar refractivity (Wildman–Crippen MR) is 119 cm³/mol. The lowest BCUT2D eigenvalue weighted by Gasteiger charge is -2.12. The third kappa shape index (κ3) is 4.95. The van der Waals surface area contributed by atoms with Gasteiger partial charge in [-0.3, -0.25) is 9.69 Å². The van der Waals surface area contributed by atoms with E-state index in [-0.39, 0.29) is 5.91 Å². The largest absolute Gasteiger partial charge is 0.489 e. The summed E-state index contributed by atoms with van der Waals surface area (Å²) >= 11 is 12.6. The first-order valence-electron chi connectivity index (χ1n) is 8.55. The van der Waals surface area contributed by atoms with Crippen LogP contribution in [0.1, 0.15) is 5.56 Å². The Balaban J connectivity index is 1.65. The quantitative estimate of drug-likeness (QED) is 0.249. The van der Waals surface area contributed by atoms with Crippen LogP contribution in [0.15, 0.2) is 66.1 Å². The van der Waals surface area contributed by atoms with E-state index in [1.807, 2.05) is 42.5 Å². The molecule has 4 nitrogen and oxygen atoms in total. The Bertz CT molecular complexity index is 929. The summed E-state index contributed by atoms with van der Waals surface area (Å²) in [5, 5.41) is 0.560. The number of para-hydroxylation sites is 2. The van der Waals surface area contributed by atoms with E-state index in [1.165, 1.54) is 16.7 Å². The number of benzene rings is 2. The third-order valence-corrected chi connectivity index (χ3v) is 5.52. The lowest BCUT2D eigenvalue weighted by atomic mass is 10.2. The molecular formula is C21H18ClNO3S2. The van der Waals surface area contributed by atoms with Crippen molar-refractivity contribution in [3.05, 3.63) is 76.7 Å². The Morgan fingerprint density at radius 2 is 1.71 bits per heavy atom. The highest BCUT2D eigenvalue weighted by molar-refractivity contribution is 8.26. The van der Waals surface area contributed by atoms with Crippen molar-refractivity contribution in [3.63, 3.8) is 0 Å². The first-order chi connectivity index (χ1) is 13.6. The van der Waals surface area contributed by atoms with E-state index in [4.69, 9.17) is 33.3 Å². The molecule has 0 radical (unpaired) electrons. The SMILES string of the molecule is C=CCN1C(=O)/C(=C/c2ccccc2OCCOc2ccccc2Cl)SC1=S. The maximum absolute atomic E-state index is 12.5. The van der Waals surface area contributed by atoms with E-state index in [0.29, 0.717) is 45.5 Å². The van der Waals surface area contributed by atoms with Crippen molar-refractivity contribution in [2.24, 2.45) is 0 Å². The van der Waals surface area contributed by atoms with E-state index in [0.717, 1.165) is 5.56 Å². The van der Waals surface area contributed by atoms with Crippen molar-refractivity contribution >= 4 is 51.9 Å². The molecule has 1 aliphatic rings. The van der Waals surface area contributed by atoms with Crippen LogP contribution >= 0.6 is 35.6 Å².